The van der Waals surface area contributed by atoms with E-state index in [9.17, 15) is 4.79 Å². The van der Waals surface area contributed by atoms with E-state index in [0.717, 1.165) is 18.0 Å². The number of nitrogens with one attached hydrogen (secondary N) is 1. The highest BCUT2D eigenvalue weighted by Crippen LogP contribution is 2.13. The van der Waals surface area contributed by atoms with Gasteiger partial charge in [0.25, 0.3) is 5.91 Å². The lowest BCUT2D eigenvalue weighted by Crippen LogP contribution is -2.29. The van der Waals surface area contributed by atoms with E-state index in [0.29, 0.717) is 10.9 Å². The lowest BCUT2D eigenvalue weighted by atomic mass is 10.3. The summed E-state index contributed by atoms with van der Waals surface area (Å²) in [5.74, 6) is 0.739. The predicted octanol–water partition coefficient (Wildman–Crippen LogP) is 1.70. The Labute approximate surface area is 114 Å². The fraction of sp³-hybridized carbons (Fsp3) is 0.154. The Morgan fingerprint density at radius 2 is 2.16 bits per heavy atom. The summed E-state index contributed by atoms with van der Waals surface area (Å²) in [7, 11) is 0. The van der Waals surface area contributed by atoms with Crippen LogP contribution < -0.4 is 5.32 Å². The zero-order valence-electron chi connectivity index (χ0n) is 10.1. The van der Waals surface area contributed by atoms with Crippen molar-refractivity contribution in [2.45, 2.75) is 0 Å². The maximum absolute atomic E-state index is 12.2. The second kappa shape index (κ2) is 5.27. The third-order valence-electron chi connectivity index (χ3n) is 2.71. The van der Waals surface area contributed by atoms with E-state index in [1.165, 1.54) is 0 Å². The van der Waals surface area contributed by atoms with Crippen molar-refractivity contribution in [3.63, 3.8) is 0 Å². The number of hydrogen-bond acceptors (Lipinski definition) is 4. The molecule has 1 aliphatic heterocycles. The summed E-state index contributed by atoms with van der Waals surface area (Å²) in [6.07, 6.45) is 3.19. The number of rotatable bonds is 2. The molecule has 0 radical (unpaired) electrons. The molecule has 6 heteroatoms. The average molecular weight is 272 g/mol. The molecule has 0 atom stereocenters. The van der Waals surface area contributed by atoms with Crippen LogP contribution in [0.1, 0.15) is 10.5 Å². The zero-order valence-corrected chi connectivity index (χ0v) is 10.9. The van der Waals surface area contributed by atoms with Crippen molar-refractivity contribution in [1.29, 1.82) is 0 Å². The van der Waals surface area contributed by atoms with E-state index in [4.69, 9.17) is 0 Å². The van der Waals surface area contributed by atoms with Gasteiger partial charge in [0, 0.05) is 11.4 Å². The molecule has 0 saturated heterocycles. The molecule has 3 rings (SSSR count). The SMILES string of the molecule is O=C(NC1=NCCS1)c1cncn1-c1ccccc1. The number of thioether (sulfide) groups is 1. The number of benzene rings is 1. The Balaban J connectivity index is 1.86. The van der Waals surface area contributed by atoms with Crippen LogP contribution in [-0.2, 0) is 0 Å². The summed E-state index contributed by atoms with van der Waals surface area (Å²) < 4.78 is 1.76. The summed E-state index contributed by atoms with van der Waals surface area (Å²) in [5.41, 5.74) is 1.41. The van der Waals surface area contributed by atoms with E-state index in [2.05, 4.69) is 15.3 Å². The van der Waals surface area contributed by atoms with Crippen LogP contribution in [0.5, 0.6) is 0 Å². The molecule has 0 unspecified atom stereocenters. The number of amides is 1. The highest BCUT2D eigenvalue weighted by Gasteiger charge is 2.16. The van der Waals surface area contributed by atoms with Gasteiger partial charge in [0.2, 0.25) is 0 Å². The van der Waals surface area contributed by atoms with Crippen LogP contribution in [-0.4, -0.2) is 32.9 Å². The molecule has 1 amide bonds. The molecule has 1 aliphatic rings. The van der Waals surface area contributed by atoms with Gasteiger partial charge in [0.15, 0.2) is 5.17 Å². The molecule has 1 aromatic carbocycles. The second-order valence-corrected chi connectivity index (χ2v) is 5.06. The molecular weight excluding hydrogens is 260 g/mol. The van der Waals surface area contributed by atoms with Crippen LogP contribution >= 0.6 is 11.8 Å². The van der Waals surface area contributed by atoms with Gasteiger partial charge in [0.05, 0.1) is 19.1 Å². The number of carbonyl (C=O) groups is 1. The number of para-hydroxylation sites is 1. The van der Waals surface area contributed by atoms with Crippen molar-refractivity contribution in [2.24, 2.45) is 4.99 Å². The first kappa shape index (κ1) is 12.0. The summed E-state index contributed by atoms with van der Waals surface area (Å²) in [5, 5.41) is 3.49. The summed E-state index contributed by atoms with van der Waals surface area (Å²) >= 11 is 1.56. The maximum Gasteiger partial charge on any atom is 0.275 e. The predicted molar refractivity (Wildman–Crippen MR) is 75.8 cm³/mol. The number of nitrogens with zero attached hydrogens (tertiary/aromatic N) is 3. The first-order chi connectivity index (χ1) is 9.34. The first-order valence-electron chi connectivity index (χ1n) is 5.91. The molecule has 1 N–H and O–H groups in total. The largest absolute Gasteiger partial charge is 0.300 e. The summed E-state index contributed by atoms with van der Waals surface area (Å²) in [4.78, 5) is 20.4. The Morgan fingerprint density at radius 1 is 1.32 bits per heavy atom. The van der Waals surface area contributed by atoms with E-state index in [1.54, 1.807) is 28.9 Å². The van der Waals surface area contributed by atoms with Gasteiger partial charge >= 0.3 is 0 Å². The van der Waals surface area contributed by atoms with Crippen LogP contribution in [0.15, 0.2) is 47.8 Å². The van der Waals surface area contributed by atoms with Gasteiger partial charge < -0.3 is 0 Å². The van der Waals surface area contributed by atoms with Crippen LogP contribution in [0.3, 0.4) is 0 Å². The smallest absolute Gasteiger partial charge is 0.275 e. The van der Waals surface area contributed by atoms with Crippen molar-refractivity contribution in [2.75, 3.05) is 12.3 Å². The Bertz CT molecular complexity index is 621. The quantitative estimate of drug-likeness (QED) is 0.905. The molecule has 96 valence electrons. The summed E-state index contributed by atoms with van der Waals surface area (Å²) in [6, 6.07) is 9.65. The minimum Gasteiger partial charge on any atom is -0.300 e. The highest BCUT2D eigenvalue weighted by molar-refractivity contribution is 8.14. The Hall–Kier alpha value is -2.08. The third-order valence-corrected chi connectivity index (χ3v) is 3.60. The minimum absolute atomic E-state index is 0.186. The van der Waals surface area contributed by atoms with Crippen molar-refractivity contribution < 1.29 is 4.79 Å². The molecule has 19 heavy (non-hydrogen) atoms. The van der Waals surface area contributed by atoms with Gasteiger partial charge in [-0.05, 0) is 12.1 Å². The van der Waals surface area contributed by atoms with E-state index in [-0.39, 0.29) is 5.91 Å². The monoisotopic (exact) mass is 272 g/mol. The molecule has 2 aromatic rings. The van der Waals surface area contributed by atoms with Gasteiger partial charge in [0.1, 0.15) is 5.69 Å². The van der Waals surface area contributed by atoms with Crippen molar-refractivity contribution in [3.8, 4) is 5.69 Å². The van der Waals surface area contributed by atoms with E-state index >= 15 is 0 Å². The molecule has 5 nitrogen and oxygen atoms in total. The molecule has 1 aromatic heterocycles. The number of aliphatic imine (C=N–C) groups is 1. The fourth-order valence-corrected chi connectivity index (χ4v) is 2.55. The number of hydrogen-bond donors (Lipinski definition) is 1. The van der Waals surface area contributed by atoms with E-state index < -0.39 is 0 Å². The number of amidine groups is 1. The molecular formula is C13H12N4OS. The lowest BCUT2D eigenvalue weighted by molar-refractivity contribution is 0.0971. The van der Waals surface area contributed by atoms with Gasteiger partial charge in [-0.15, -0.1) is 0 Å². The number of carbonyl (C=O) groups excluding carboxylic acids is 1. The lowest BCUT2D eigenvalue weighted by Gasteiger charge is -2.08. The molecule has 0 spiro atoms. The Morgan fingerprint density at radius 3 is 2.89 bits per heavy atom. The summed E-state index contributed by atoms with van der Waals surface area (Å²) in [6.45, 7) is 0.762. The van der Waals surface area contributed by atoms with Gasteiger partial charge in [-0.2, -0.15) is 0 Å². The third kappa shape index (κ3) is 2.53. The van der Waals surface area contributed by atoms with Crippen molar-refractivity contribution >= 4 is 22.8 Å². The Kier molecular flexibility index (Phi) is 3.33. The average Bonchev–Trinajstić information content (AvgIpc) is 3.10. The number of imidazole rings is 1. The zero-order chi connectivity index (χ0) is 13.1. The number of aromatic nitrogens is 2. The van der Waals surface area contributed by atoms with Gasteiger partial charge in [-0.3, -0.25) is 19.7 Å². The van der Waals surface area contributed by atoms with Gasteiger partial charge in [-0.25, -0.2) is 4.98 Å². The van der Waals surface area contributed by atoms with E-state index in [1.807, 2.05) is 30.3 Å². The molecule has 0 aliphatic carbocycles. The fourth-order valence-electron chi connectivity index (χ4n) is 1.83. The normalized spacial score (nSPS) is 14.2. The van der Waals surface area contributed by atoms with Crippen molar-refractivity contribution in [3.05, 3.63) is 48.5 Å². The van der Waals surface area contributed by atoms with Crippen LogP contribution in [0.25, 0.3) is 5.69 Å². The minimum atomic E-state index is -0.186. The topological polar surface area (TPSA) is 59.3 Å². The molecule has 0 saturated carbocycles. The highest BCUT2D eigenvalue weighted by atomic mass is 32.2. The van der Waals surface area contributed by atoms with Crippen molar-refractivity contribution in [1.82, 2.24) is 14.9 Å². The maximum atomic E-state index is 12.2. The van der Waals surface area contributed by atoms with Crippen LogP contribution in [0.4, 0.5) is 0 Å². The van der Waals surface area contributed by atoms with Crippen LogP contribution in [0.2, 0.25) is 0 Å². The molecule has 0 fully saturated rings. The second-order valence-electron chi connectivity index (χ2n) is 3.97. The molecule has 2 heterocycles. The standard InChI is InChI=1S/C13H12N4OS/c18-12(16-13-15-6-7-19-13)11-8-14-9-17(11)10-4-2-1-3-5-10/h1-5,8-9H,6-7H2,(H,15,16,18). The van der Waals surface area contributed by atoms with Crippen LogP contribution in [0, 0.1) is 0 Å². The van der Waals surface area contributed by atoms with Gasteiger partial charge in [-0.1, -0.05) is 30.0 Å². The first-order valence-corrected chi connectivity index (χ1v) is 6.89. The molecule has 0 bridgehead atoms.